The molecule has 1 fully saturated rings. The SMILES string of the molecule is CCC1NCCC1C(=O)NC.Cl. The lowest BCUT2D eigenvalue weighted by molar-refractivity contribution is -0.124. The molecule has 0 aromatic heterocycles. The topological polar surface area (TPSA) is 41.1 Å². The van der Waals surface area contributed by atoms with Crippen LogP contribution in [0.3, 0.4) is 0 Å². The average Bonchev–Trinajstić information content (AvgIpc) is 2.50. The maximum atomic E-state index is 11.2. The van der Waals surface area contributed by atoms with Crippen molar-refractivity contribution in [1.82, 2.24) is 10.6 Å². The number of hydrogen-bond acceptors (Lipinski definition) is 2. The van der Waals surface area contributed by atoms with Gasteiger partial charge in [-0.05, 0) is 19.4 Å². The van der Waals surface area contributed by atoms with Crippen LogP contribution < -0.4 is 10.6 Å². The maximum Gasteiger partial charge on any atom is 0.224 e. The fourth-order valence-corrected chi connectivity index (χ4v) is 1.70. The average molecular weight is 193 g/mol. The Morgan fingerprint density at radius 2 is 2.33 bits per heavy atom. The Morgan fingerprint density at radius 1 is 1.67 bits per heavy atom. The zero-order chi connectivity index (χ0) is 8.27. The Bertz CT molecular complexity index is 152. The van der Waals surface area contributed by atoms with Crippen molar-refractivity contribution >= 4 is 18.3 Å². The number of rotatable bonds is 2. The molecule has 4 heteroatoms. The molecule has 0 spiro atoms. The summed E-state index contributed by atoms with van der Waals surface area (Å²) in [6.07, 6.45) is 2.02. The van der Waals surface area contributed by atoms with Gasteiger partial charge >= 0.3 is 0 Å². The molecule has 2 unspecified atom stereocenters. The molecule has 1 heterocycles. The molecule has 72 valence electrons. The number of nitrogens with one attached hydrogen (secondary N) is 2. The van der Waals surface area contributed by atoms with Crippen LogP contribution in [0.25, 0.3) is 0 Å². The monoisotopic (exact) mass is 192 g/mol. The van der Waals surface area contributed by atoms with Crippen molar-refractivity contribution in [2.75, 3.05) is 13.6 Å². The first kappa shape index (κ1) is 11.7. The fourth-order valence-electron chi connectivity index (χ4n) is 1.70. The van der Waals surface area contributed by atoms with E-state index in [2.05, 4.69) is 17.6 Å². The number of halogens is 1. The molecule has 2 atom stereocenters. The standard InChI is InChI=1S/C8H16N2O.ClH/c1-3-7-6(4-5-10-7)8(11)9-2;/h6-7,10H,3-5H2,1-2H3,(H,9,11);1H. The summed E-state index contributed by atoms with van der Waals surface area (Å²) in [5.41, 5.74) is 0. The van der Waals surface area contributed by atoms with Gasteiger partial charge < -0.3 is 10.6 Å². The first-order valence-corrected chi connectivity index (χ1v) is 4.24. The van der Waals surface area contributed by atoms with E-state index in [-0.39, 0.29) is 24.2 Å². The summed E-state index contributed by atoms with van der Waals surface area (Å²) >= 11 is 0. The van der Waals surface area contributed by atoms with Gasteiger partial charge in [-0.1, -0.05) is 6.92 Å². The van der Waals surface area contributed by atoms with Gasteiger partial charge in [-0.2, -0.15) is 0 Å². The molecule has 0 aromatic rings. The van der Waals surface area contributed by atoms with Gasteiger partial charge in [0.05, 0.1) is 5.92 Å². The molecule has 0 aromatic carbocycles. The summed E-state index contributed by atoms with van der Waals surface area (Å²) in [6.45, 7) is 3.09. The summed E-state index contributed by atoms with van der Waals surface area (Å²) in [5, 5.41) is 6.00. The zero-order valence-corrected chi connectivity index (χ0v) is 8.41. The second-order valence-corrected chi connectivity index (χ2v) is 2.98. The molecule has 1 aliphatic heterocycles. The van der Waals surface area contributed by atoms with E-state index < -0.39 is 0 Å². The Hall–Kier alpha value is -0.280. The lowest BCUT2D eigenvalue weighted by atomic mass is 9.98. The third-order valence-electron chi connectivity index (χ3n) is 2.37. The molecule has 1 saturated heterocycles. The molecule has 0 radical (unpaired) electrons. The predicted molar refractivity (Wildman–Crippen MR) is 51.5 cm³/mol. The van der Waals surface area contributed by atoms with E-state index in [0.717, 1.165) is 19.4 Å². The van der Waals surface area contributed by atoms with Gasteiger partial charge in [-0.3, -0.25) is 4.79 Å². The van der Waals surface area contributed by atoms with Gasteiger partial charge in [0, 0.05) is 13.1 Å². The first-order valence-electron chi connectivity index (χ1n) is 4.24. The van der Waals surface area contributed by atoms with Gasteiger partial charge in [0.1, 0.15) is 0 Å². The molecule has 1 amide bonds. The summed E-state index contributed by atoms with van der Waals surface area (Å²) in [7, 11) is 1.70. The fraction of sp³-hybridized carbons (Fsp3) is 0.875. The number of carbonyl (C=O) groups excluding carboxylic acids is 1. The molecule has 2 N–H and O–H groups in total. The van der Waals surface area contributed by atoms with Crippen molar-refractivity contribution in [3.63, 3.8) is 0 Å². The second kappa shape index (κ2) is 5.38. The van der Waals surface area contributed by atoms with Crippen LogP contribution in [0.2, 0.25) is 0 Å². The minimum Gasteiger partial charge on any atom is -0.359 e. The molecule has 0 saturated carbocycles. The summed E-state index contributed by atoms with van der Waals surface area (Å²) in [4.78, 5) is 11.2. The van der Waals surface area contributed by atoms with Gasteiger partial charge in [-0.25, -0.2) is 0 Å². The third-order valence-corrected chi connectivity index (χ3v) is 2.37. The zero-order valence-electron chi connectivity index (χ0n) is 7.59. The minimum absolute atomic E-state index is 0. The quantitative estimate of drug-likeness (QED) is 0.671. The Balaban J connectivity index is 0.00000121. The van der Waals surface area contributed by atoms with E-state index in [4.69, 9.17) is 0 Å². The first-order chi connectivity index (χ1) is 5.29. The van der Waals surface area contributed by atoms with Crippen molar-refractivity contribution in [3.8, 4) is 0 Å². The van der Waals surface area contributed by atoms with Crippen LogP contribution in [0.4, 0.5) is 0 Å². The number of amides is 1. The van der Waals surface area contributed by atoms with Gasteiger partial charge in [0.25, 0.3) is 0 Å². The second-order valence-electron chi connectivity index (χ2n) is 2.98. The number of carbonyl (C=O) groups is 1. The minimum atomic E-state index is 0. The van der Waals surface area contributed by atoms with Crippen LogP contribution in [0.1, 0.15) is 19.8 Å². The van der Waals surface area contributed by atoms with E-state index in [9.17, 15) is 4.79 Å². The molecule has 12 heavy (non-hydrogen) atoms. The normalized spacial score (nSPS) is 27.8. The van der Waals surface area contributed by atoms with Crippen LogP contribution in [0.15, 0.2) is 0 Å². The largest absolute Gasteiger partial charge is 0.359 e. The highest BCUT2D eigenvalue weighted by atomic mass is 35.5. The van der Waals surface area contributed by atoms with Crippen molar-refractivity contribution in [1.29, 1.82) is 0 Å². The van der Waals surface area contributed by atoms with E-state index in [1.807, 2.05) is 0 Å². The molecule has 0 bridgehead atoms. The van der Waals surface area contributed by atoms with E-state index >= 15 is 0 Å². The van der Waals surface area contributed by atoms with Gasteiger partial charge in [0.2, 0.25) is 5.91 Å². The Morgan fingerprint density at radius 3 is 2.83 bits per heavy atom. The Labute approximate surface area is 79.7 Å². The van der Waals surface area contributed by atoms with E-state index in [1.165, 1.54) is 0 Å². The predicted octanol–water partition coefficient (Wildman–Crippen LogP) is 0.542. The van der Waals surface area contributed by atoms with Crippen LogP contribution >= 0.6 is 12.4 Å². The van der Waals surface area contributed by atoms with Crippen LogP contribution in [-0.4, -0.2) is 25.5 Å². The van der Waals surface area contributed by atoms with Gasteiger partial charge in [-0.15, -0.1) is 12.4 Å². The molecular formula is C8H17ClN2O. The molecule has 0 aliphatic carbocycles. The molecule has 1 aliphatic rings. The maximum absolute atomic E-state index is 11.2. The van der Waals surface area contributed by atoms with Crippen molar-refractivity contribution in [2.24, 2.45) is 5.92 Å². The van der Waals surface area contributed by atoms with E-state index in [1.54, 1.807) is 7.05 Å². The highest BCUT2D eigenvalue weighted by Gasteiger charge is 2.30. The summed E-state index contributed by atoms with van der Waals surface area (Å²) in [5.74, 6) is 0.381. The van der Waals surface area contributed by atoms with E-state index in [0.29, 0.717) is 6.04 Å². The van der Waals surface area contributed by atoms with Crippen molar-refractivity contribution in [3.05, 3.63) is 0 Å². The lowest BCUT2D eigenvalue weighted by Gasteiger charge is -2.15. The Kier molecular flexibility index (Phi) is 5.25. The summed E-state index contributed by atoms with van der Waals surface area (Å²) < 4.78 is 0. The molecular weight excluding hydrogens is 176 g/mol. The summed E-state index contributed by atoms with van der Waals surface area (Å²) in [6, 6.07) is 0.398. The molecule has 1 rings (SSSR count). The van der Waals surface area contributed by atoms with Crippen molar-refractivity contribution < 1.29 is 4.79 Å². The third kappa shape index (κ3) is 2.35. The highest BCUT2D eigenvalue weighted by Crippen LogP contribution is 2.17. The molecule has 3 nitrogen and oxygen atoms in total. The van der Waals surface area contributed by atoms with Crippen molar-refractivity contribution in [2.45, 2.75) is 25.8 Å². The van der Waals surface area contributed by atoms with Crippen LogP contribution in [0, 0.1) is 5.92 Å². The highest BCUT2D eigenvalue weighted by molar-refractivity contribution is 5.85. The van der Waals surface area contributed by atoms with Crippen LogP contribution in [0.5, 0.6) is 0 Å². The smallest absolute Gasteiger partial charge is 0.224 e. The lowest BCUT2D eigenvalue weighted by Crippen LogP contribution is -2.36. The van der Waals surface area contributed by atoms with Gasteiger partial charge in [0.15, 0.2) is 0 Å². The number of hydrogen-bond donors (Lipinski definition) is 2. The van der Waals surface area contributed by atoms with Crippen LogP contribution in [-0.2, 0) is 4.79 Å².